The fraction of sp³-hybridized carbons (Fsp3) is 0.450. The number of nitrogens with zero attached hydrogens (tertiary/aromatic N) is 3. The van der Waals surface area contributed by atoms with E-state index in [9.17, 15) is 22.8 Å². The van der Waals surface area contributed by atoms with Crippen LogP contribution in [0.4, 0.5) is 13.2 Å². The lowest BCUT2D eigenvalue weighted by molar-refractivity contribution is -0.144. The van der Waals surface area contributed by atoms with Crippen LogP contribution in [0.5, 0.6) is 0 Å². The maximum atomic E-state index is 13.2. The average Bonchev–Trinajstić information content (AvgIpc) is 3.15. The molecule has 1 aromatic heterocycles. The first-order valence-electron chi connectivity index (χ1n) is 9.57. The van der Waals surface area contributed by atoms with E-state index in [1.807, 2.05) is 18.2 Å². The van der Waals surface area contributed by atoms with Crippen LogP contribution in [0.2, 0.25) is 0 Å². The minimum Gasteiger partial charge on any atom is -0.352 e. The number of benzene rings is 1. The number of carbonyl (C=O) groups is 2. The van der Waals surface area contributed by atoms with E-state index in [-0.39, 0.29) is 25.4 Å². The molecule has 1 aliphatic heterocycles. The number of hydrogen-bond acceptors (Lipinski definition) is 3. The van der Waals surface area contributed by atoms with Gasteiger partial charge in [-0.05, 0) is 30.9 Å². The first-order chi connectivity index (χ1) is 13.8. The van der Waals surface area contributed by atoms with Crippen LogP contribution in [-0.2, 0) is 30.5 Å². The maximum absolute atomic E-state index is 13.2. The molecule has 2 heterocycles. The van der Waals surface area contributed by atoms with Gasteiger partial charge in [0.15, 0.2) is 5.69 Å². The Morgan fingerprint density at radius 3 is 2.62 bits per heavy atom. The Hall–Kier alpha value is -2.84. The van der Waals surface area contributed by atoms with E-state index in [1.54, 1.807) is 4.90 Å². The molecule has 0 atom stereocenters. The van der Waals surface area contributed by atoms with Gasteiger partial charge in [-0.1, -0.05) is 24.3 Å². The van der Waals surface area contributed by atoms with Crippen LogP contribution < -0.4 is 5.32 Å². The van der Waals surface area contributed by atoms with Gasteiger partial charge in [0.05, 0.1) is 11.8 Å². The molecule has 0 radical (unpaired) electrons. The second-order valence-electron chi connectivity index (χ2n) is 6.91. The second-order valence-corrected chi connectivity index (χ2v) is 6.91. The largest absolute Gasteiger partial charge is 0.433 e. The first kappa shape index (κ1) is 20.9. The summed E-state index contributed by atoms with van der Waals surface area (Å²) in [4.78, 5) is 26.3. The number of alkyl halides is 3. The van der Waals surface area contributed by atoms with Crippen LogP contribution in [0.3, 0.4) is 0 Å². The molecule has 0 bridgehead atoms. The summed E-state index contributed by atoms with van der Waals surface area (Å²) in [6.07, 6.45) is -2.35. The molecule has 156 valence electrons. The van der Waals surface area contributed by atoms with E-state index in [0.29, 0.717) is 19.5 Å². The number of nitrogens with one attached hydrogen (secondary N) is 1. The molecule has 2 amide bonds. The summed E-state index contributed by atoms with van der Waals surface area (Å²) in [5, 5.41) is 6.09. The van der Waals surface area contributed by atoms with Gasteiger partial charge in [0.2, 0.25) is 5.91 Å². The lowest BCUT2D eigenvalue weighted by Crippen LogP contribution is -2.36. The van der Waals surface area contributed by atoms with Gasteiger partial charge in [0.25, 0.3) is 5.91 Å². The highest BCUT2D eigenvalue weighted by atomic mass is 19.4. The van der Waals surface area contributed by atoms with Crippen molar-refractivity contribution in [2.75, 3.05) is 13.1 Å². The molecule has 6 nitrogen and oxygen atoms in total. The van der Waals surface area contributed by atoms with Crippen LogP contribution in [0.25, 0.3) is 0 Å². The predicted molar refractivity (Wildman–Crippen MR) is 100 cm³/mol. The number of carbonyl (C=O) groups excluding carboxylic acids is 2. The third kappa shape index (κ3) is 4.78. The van der Waals surface area contributed by atoms with Crippen molar-refractivity contribution in [2.45, 2.75) is 45.5 Å². The van der Waals surface area contributed by atoms with Gasteiger partial charge in [0.1, 0.15) is 0 Å². The monoisotopic (exact) mass is 408 g/mol. The average molecular weight is 408 g/mol. The lowest BCUT2D eigenvalue weighted by atomic mass is 9.99. The zero-order valence-corrected chi connectivity index (χ0v) is 16.1. The summed E-state index contributed by atoms with van der Waals surface area (Å²) in [7, 11) is 0. The van der Waals surface area contributed by atoms with Gasteiger partial charge in [0, 0.05) is 32.6 Å². The van der Waals surface area contributed by atoms with E-state index < -0.39 is 23.3 Å². The van der Waals surface area contributed by atoms with Crippen LogP contribution in [-0.4, -0.2) is 39.6 Å². The summed E-state index contributed by atoms with van der Waals surface area (Å²) in [5.41, 5.74) is 0.823. The third-order valence-electron chi connectivity index (χ3n) is 4.99. The number of aromatic nitrogens is 2. The normalized spacial score (nSPS) is 13.9. The van der Waals surface area contributed by atoms with Crippen molar-refractivity contribution in [1.82, 2.24) is 20.0 Å². The molecule has 9 heteroatoms. The quantitative estimate of drug-likeness (QED) is 0.748. The SMILES string of the molecule is CCn1ncc(C(=O)NCCCC(=O)N2CCc3ccccc3C2)c1C(F)(F)F. The van der Waals surface area contributed by atoms with Crippen molar-refractivity contribution >= 4 is 11.8 Å². The Kier molecular flexibility index (Phi) is 6.24. The maximum Gasteiger partial charge on any atom is 0.433 e. The van der Waals surface area contributed by atoms with Crippen LogP contribution in [0.1, 0.15) is 46.9 Å². The zero-order chi connectivity index (χ0) is 21.0. The Morgan fingerprint density at radius 1 is 1.21 bits per heavy atom. The van der Waals surface area contributed by atoms with Crippen molar-refractivity contribution in [2.24, 2.45) is 0 Å². The van der Waals surface area contributed by atoms with Crippen molar-refractivity contribution in [3.63, 3.8) is 0 Å². The molecule has 2 aromatic rings. The Balaban J connectivity index is 1.49. The minimum atomic E-state index is -4.67. The molecule has 0 spiro atoms. The number of fused-ring (bicyclic) bond motifs is 1. The molecular weight excluding hydrogens is 385 g/mol. The number of aryl methyl sites for hydroxylation is 1. The van der Waals surface area contributed by atoms with Crippen LogP contribution in [0.15, 0.2) is 30.5 Å². The molecule has 0 unspecified atom stereocenters. The summed E-state index contributed by atoms with van der Waals surface area (Å²) in [6.45, 7) is 2.85. The smallest absolute Gasteiger partial charge is 0.352 e. The highest BCUT2D eigenvalue weighted by Gasteiger charge is 2.39. The number of amides is 2. The molecule has 0 fully saturated rings. The molecule has 0 saturated carbocycles. The van der Waals surface area contributed by atoms with Gasteiger partial charge in [-0.2, -0.15) is 18.3 Å². The van der Waals surface area contributed by atoms with E-state index >= 15 is 0 Å². The molecule has 1 aromatic carbocycles. The topological polar surface area (TPSA) is 67.2 Å². The fourth-order valence-corrected chi connectivity index (χ4v) is 3.49. The molecule has 1 N–H and O–H groups in total. The third-order valence-corrected chi connectivity index (χ3v) is 4.99. The molecule has 29 heavy (non-hydrogen) atoms. The predicted octanol–water partition coefficient (Wildman–Crippen LogP) is 3.02. The molecule has 0 aliphatic carbocycles. The fourth-order valence-electron chi connectivity index (χ4n) is 3.49. The Morgan fingerprint density at radius 2 is 1.93 bits per heavy atom. The van der Waals surface area contributed by atoms with E-state index in [0.717, 1.165) is 22.9 Å². The van der Waals surface area contributed by atoms with Crippen molar-refractivity contribution in [3.05, 3.63) is 52.8 Å². The Labute approximate surface area is 166 Å². The summed E-state index contributed by atoms with van der Waals surface area (Å²) < 4.78 is 40.4. The van der Waals surface area contributed by atoms with Crippen molar-refractivity contribution < 1.29 is 22.8 Å². The van der Waals surface area contributed by atoms with E-state index in [1.165, 1.54) is 12.5 Å². The van der Waals surface area contributed by atoms with Gasteiger partial charge < -0.3 is 10.2 Å². The lowest BCUT2D eigenvalue weighted by Gasteiger charge is -2.29. The molecule has 1 aliphatic rings. The Bertz CT molecular complexity index is 892. The number of hydrogen-bond donors (Lipinski definition) is 1. The molecule has 3 rings (SSSR count). The highest BCUT2D eigenvalue weighted by molar-refractivity contribution is 5.95. The van der Waals surface area contributed by atoms with Crippen LogP contribution in [0, 0.1) is 0 Å². The van der Waals surface area contributed by atoms with Gasteiger partial charge in [-0.25, -0.2) is 0 Å². The van der Waals surface area contributed by atoms with Gasteiger partial charge in [-0.15, -0.1) is 0 Å². The second kappa shape index (κ2) is 8.67. The first-order valence-corrected chi connectivity index (χ1v) is 9.57. The van der Waals surface area contributed by atoms with Gasteiger partial charge >= 0.3 is 6.18 Å². The molecular formula is C20H23F3N4O2. The summed E-state index contributed by atoms with van der Waals surface area (Å²) in [6, 6.07) is 7.98. The number of rotatable bonds is 6. The van der Waals surface area contributed by atoms with Crippen molar-refractivity contribution in [3.8, 4) is 0 Å². The molecule has 0 saturated heterocycles. The van der Waals surface area contributed by atoms with E-state index in [4.69, 9.17) is 0 Å². The highest BCUT2D eigenvalue weighted by Crippen LogP contribution is 2.32. The van der Waals surface area contributed by atoms with Crippen molar-refractivity contribution in [1.29, 1.82) is 0 Å². The minimum absolute atomic E-state index is 0.00951. The van der Waals surface area contributed by atoms with Gasteiger partial charge in [-0.3, -0.25) is 14.3 Å². The van der Waals surface area contributed by atoms with Crippen LogP contribution >= 0.6 is 0 Å². The number of halogens is 3. The van der Waals surface area contributed by atoms with E-state index in [2.05, 4.69) is 16.5 Å². The standard InChI is InChI=1S/C20H23F3N4O2/c1-2-27-18(20(21,22)23)16(12-25-27)19(29)24-10-5-8-17(28)26-11-9-14-6-3-4-7-15(14)13-26/h3-4,6-7,12H,2,5,8-11,13H2,1H3,(H,24,29). The summed E-state index contributed by atoms with van der Waals surface area (Å²) >= 11 is 0. The zero-order valence-electron chi connectivity index (χ0n) is 16.1. The summed E-state index contributed by atoms with van der Waals surface area (Å²) in [5.74, 6) is -0.861.